The van der Waals surface area contributed by atoms with E-state index in [0.29, 0.717) is 22.0 Å². The lowest BCUT2D eigenvalue weighted by Crippen LogP contribution is -2.30. The number of halogens is 1. The molecule has 0 fully saturated rings. The second-order valence-corrected chi connectivity index (χ2v) is 5.73. The Hall–Kier alpha value is -3.26. The summed E-state index contributed by atoms with van der Waals surface area (Å²) in [5.41, 5.74) is 1.45. The number of rotatable bonds is 5. The third kappa shape index (κ3) is 4.04. The molecule has 0 saturated heterocycles. The van der Waals surface area contributed by atoms with Gasteiger partial charge in [-0.05, 0) is 53.7 Å². The smallest absolute Gasteiger partial charge is 0.338 e. The van der Waals surface area contributed by atoms with Crippen molar-refractivity contribution < 1.29 is 14.3 Å². The van der Waals surface area contributed by atoms with Gasteiger partial charge < -0.3 is 10.1 Å². The monoisotopic (exact) mass is 371 g/mol. The molecule has 8 nitrogen and oxygen atoms in total. The van der Waals surface area contributed by atoms with Crippen LogP contribution in [0.2, 0.25) is 5.02 Å². The zero-order chi connectivity index (χ0) is 18.5. The lowest BCUT2D eigenvalue weighted by molar-refractivity contribution is -0.123. The number of aromatic nitrogens is 4. The predicted molar refractivity (Wildman–Crippen MR) is 94.1 cm³/mol. The topological polar surface area (TPSA) is 99.0 Å². The van der Waals surface area contributed by atoms with E-state index >= 15 is 0 Å². The molecule has 0 unspecified atom stereocenters. The molecule has 3 aromatic rings. The van der Waals surface area contributed by atoms with Gasteiger partial charge >= 0.3 is 5.97 Å². The number of tetrazole rings is 1. The molecule has 0 radical (unpaired) electrons. The summed E-state index contributed by atoms with van der Waals surface area (Å²) in [5, 5.41) is 13.9. The molecule has 9 heteroatoms. The van der Waals surface area contributed by atoms with Gasteiger partial charge in [-0.1, -0.05) is 23.7 Å². The molecule has 2 aromatic carbocycles. The van der Waals surface area contributed by atoms with Gasteiger partial charge in [0.15, 0.2) is 6.10 Å². The van der Waals surface area contributed by atoms with Crippen molar-refractivity contribution in [2.75, 3.05) is 5.32 Å². The van der Waals surface area contributed by atoms with E-state index in [4.69, 9.17) is 16.3 Å². The number of nitrogens with zero attached hydrogens (tertiary/aromatic N) is 4. The Bertz CT molecular complexity index is 912. The van der Waals surface area contributed by atoms with Crippen LogP contribution in [-0.4, -0.2) is 38.2 Å². The Balaban J connectivity index is 1.61. The zero-order valence-corrected chi connectivity index (χ0v) is 14.4. The van der Waals surface area contributed by atoms with Crippen LogP contribution in [0, 0.1) is 0 Å². The van der Waals surface area contributed by atoms with Crippen LogP contribution in [0.1, 0.15) is 17.3 Å². The first-order valence-electron chi connectivity index (χ1n) is 7.64. The molecular formula is C17H14ClN5O3. The van der Waals surface area contributed by atoms with Crippen molar-refractivity contribution in [1.82, 2.24) is 20.2 Å². The van der Waals surface area contributed by atoms with E-state index in [-0.39, 0.29) is 0 Å². The van der Waals surface area contributed by atoms with Gasteiger partial charge in [0.1, 0.15) is 6.33 Å². The molecule has 1 atom stereocenters. The van der Waals surface area contributed by atoms with Gasteiger partial charge in [-0.3, -0.25) is 4.79 Å². The third-order valence-corrected chi connectivity index (χ3v) is 3.83. The van der Waals surface area contributed by atoms with E-state index in [0.717, 1.165) is 0 Å². The number of hydrogen-bond acceptors (Lipinski definition) is 6. The maximum atomic E-state index is 12.2. The summed E-state index contributed by atoms with van der Waals surface area (Å²) in [7, 11) is 0. The number of amides is 1. The lowest BCUT2D eigenvalue weighted by Gasteiger charge is -2.14. The Morgan fingerprint density at radius 3 is 2.54 bits per heavy atom. The van der Waals surface area contributed by atoms with E-state index < -0.39 is 18.0 Å². The fourth-order valence-corrected chi connectivity index (χ4v) is 2.29. The van der Waals surface area contributed by atoms with Crippen molar-refractivity contribution in [3.8, 4) is 5.69 Å². The molecule has 1 amide bonds. The van der Waals surface area contributed by atoms with Crippen LogP contribution in [0.3, 0.4) is 0 Å². The average Bonchev–Trinajstić information content (AvgIpc) is 3.18. The summed E-state index contributed by atoms with van der Waals surface area (Å²) in [6.45, 7) is 1.49. The predicted octanol–water partition coefficient (Wildman–Crippen LogP) is 2.50. The highest BCUT2D eigenvalue weighted by Gasteiger charge is 2.19. The number of carbonyl (C=O) groups is 2. The summed E-state index contributed by atoms with van der Waals surface area (Å²) in [6, 6.07) is 13.3. The highest BCUT2D eigenvalue weighted by molar-refractivity contribution is 6.33. The molecule has 3 rings (SSSR count). The van der Waals surface area contributed by atoms with Gasteiger partial charge in [0.25, 0.3) is 5.91 Å². The summed E-state index contributed by atoms with van der Waals surface area (Å²) in [4.78, 5) is 24.4. The number of nitrogens with one attached hydrogen (secondary N) is 1. The number of para-hydroxylation sites is 1. The van der Waals surface area contributed by atoms with Crippen molar-refractivity contribution in [3.05, 3.63) is 65.4 Å². The minimum absolute atomic E-state index is 0.305. The van der Waals surface area contributed by atoms with E-state index in [1.165, 1.54) is 17.9 Å². The Morgan fingerprint density at radius 1 is 1.15 bits per heavy atom. The second kappa shape index (κ2) is 7.75. The molecule has 0 spiro atoms. The van der Waals surface area contributed by atoms with Crippen LogP contribution in [0.4, 0.5) is 5.69 Å². The number of anilines is 1. The number of benzene rings is 2. The summed E-state index contributed by atoms with van der Waals surface area (Å²) < 4.78 is 6.65. The normalized spacial score (nSPS) is 11.6. The quantitative estimate of drug-likeness (QED) is 0.692. The van der Waals surface area contributed by atoms with Crippen LogP contribution in [-0.2, 0) is 9.53 Å². The molecule has 0 saturated carbocycles. The highest BCUT2D eigenvalue weighted by Crippen LogP contribution is 2.20. The SMILES string of the molecule is C[C@@H](OC(=O)c1ccc(-n2cnnn2)cc1)C(=O)Nc1ccccc1Cl. The molecule has 0 aliphatic heterocycles. The van der Waals surface area contributed by atoms with Crippen molar-refractivity contribution in [3.63, 3.8) is 0 Å². The Kier molecular flexibility index (Phi) is 5.23. The van der Waals surface area contributed by atoms with Crippen molar-refractivity contribution >= 4 is 29.2 Å². The van der Waals surface area contributed by atoms with Crippen LogP contribution in [0.15, 0.2) is 54.9 Å². The fraction of sp³-hybridized carbons (Fsp3) is 0.118. The molecule has 0 aliphatic carbocycles. The van der Waals surface area contributed by atoms with E-state index in [9.17, 15) is 9.59 Å². The molecule has 1 N–H and O–H groups in total. The standard InChI is InChI=1S/C17H14ClN5O3/c1-11(16(24)20-15-5-3-2-4-14(15)18)26-17(25)12-6-8-13(9-7-12)23-10-19-21-22-23/h2-11H,1H3,(H,20,24)/t11-/m1/s1. The number of esters is 1. The van der Waals surface area contributed by atoms with E-state index in [2.05, 4.69) is 20.8 Å². The maximum absolute atomic E-state index is 12.2. The van der Waals surface area contributed by atoms with Gasteiger partial charge in [-0.2, -0.15) is 0 Å². The minimum atomic E-state index is -0.988. The first kappa shape index (κ1) is 17.6. The Morgan fingerprint density at radius 2 is 1.88 bits per heavy atom. The van der Waals surface area contributed by atoms with Crippen molar-refractivity contribution in [2.45, 2.75) is 13.0 Å². The van der Waals surface area contributed by atoms with Crippen molar-refractivity contribution in [1.29, 1.82) is 0 Å². The van der Waals surface area contributed by atoms with Crippen molar-refractivity contribution in [2.24, 2.45) is 0 Å². The molecule has 1 aromatic heterocycles. The van der Waals surface area contributed by atoms with Gasteiger partial charge in [-0.15, -0.1) is 5.10 Å². The summed E-state index contributed by atoms with van der Waals surface area (Å²) in [6.07, 6.45) is 0.451. The van der Waals surface area contributed by atoms with Gasteiger partial charge in [0, 0.05) is 0 Å². The fourth-order valence-electron chi connectivity index (χ4n) is 2.11. The van der Waals surface area contributed by atoms with Crippen LogP contribution in [0.5, 0.6) is 0 Å². The molecular weight excluding hydrogens is 358 g/mol. The maximum Gasteiger partial charge on any atom is 0.338 e. The third-order valence-electron chi connectivity index (χ3n) is 3.50. The number of ether oxygens (including phenoxy) is 1. The van der Waals surface area contributed by atoms with Gasteiger partial charge in [0.2, 0.25) is 0 Å². The number of carbonyl (C=O) groups excluding carboxylic acids is 2. The zero-order valence-electron chi connectivity index (χ0n) is 13.7. The van der Waals surface area contributed by atoms with E-state index in [1.807, 2.05) is 0 Å². The highest BCUT2D eigenvalue weighted by atomic mass is 35.5. The van der Waals surface area contributed by atoms with Gasteiger partial charge in [0.05, 0.1) is 22.0 Å². The van der Waals surface area contributed by atoms with E-state index in [1.54, 1.807) is 48.5 Å². The second-order valence-electron chi connectivity index (χ2n) is 5.32. The first-order chi connectivity index (χ1) is 12.5. The molecule has 0 bridgehead atoms. The molecule has 132 valence electrons. The summed E-state index contributed by atoms with van der Waals surface area (Å²) >= 11 is 5.99. The lowest BCUT2D eigenvalue weighted by atomic mass is 10.2. The minimum Gasteiger partial charge on any atom is -0.449 e. The van der Waals surface area contributed by atoms with Crippen LogP contribution in [0.25, 0.3) is 5.69 Å². The molecule has 1 heterocycles. The first-order valence-corrected chi connectivity index (χ1v) is 8.02. The van der Waals surface area contributed by atoms with Gasteiger partial charge in [-0.25, -0.2) is 9.48 Å². The summed E-state index contributed by atoms with van der Waals surface area (Å²) in [5.74, 6) is -1.09. The van der Waals surface area contributed by atoms with Crippen LogP contribution < -0.4 is 5.32 Å². The molecule has 26 heavy (non-hydrogen) atoms. The molecule has 0 aliphatic rings. The average molecular weight is 372 g/mol. The Labute approximate surface area is 153 Å². The number of hydrogen-bond donors (Lipinski definition) is 1. The van der Waals surface area contributed by atoms with Crippen LogP contribution >= 0.6 is 11.6 Å². The largest absolute Gasteiger partial charge is 0.449 e.